The molecule has 0 fully saturated rings. The molecule has 0 aliphatic rings. The van der Waals surface area contributed by atoms with Crippen LogP contribution in [0.15, 0.2) is 41.6 Å². The van der Waals surface area contributed by atoms with Crippen molar-refractivity contribution in [2.24, 2.45) is 0 Å². The maximum absolute atomic E-state index is 11.6. The Morgan fingerprint density at radius 3 is 2.75 bits per heavy atom. The van der Waals surface area contributed by atoms with Crippen molar-refractivity contribution < 1.29 is 8.42 Å². The van der Waals surface area contributed by atoms with Gasteiger partial charge in [0, 0.05) is 17.9 Å². The van der Waals surface area contributed by atoms with Crippen LogP contribution in [0, 0.1) is 0 Å². The summed E-state index contributed by atoms with van der Waals surface area (Å²) in [6.45, 7) is 0. The number of nitrogens with zero attached hydrogens (tertiary/aromatic N) is 4. The highest BCUT2D eigenvalue weighted by Crippen LogP contribution is 2.22. The molecule has 0 unspecified atom stereocenters. The molecular weight excluding hydrogens is 300 g/mol. The van der Waals surface area contributed by atoms with Crippen LogP contribution in [-0.2, 0) is 9.84 Å². The largest absolute Gasteiger partial charge is 0.265 e. The van der Waals surface area contributed by atoms with Crippen molar-refractivity contribution in [3.63, 3.8) is 0 Å². The highest BCUT2D eigenvalue weighted by atomic mass is 35.5. The molecule has 0 saturated carbocycles. The number of hydrogen-bond donors (Lipinski definition) is 0. The Morgan fingerprint density at radius 2 is 2.00 bits per heavy atom. The molecular formula is C12H9ClN4O2S. The van der Waals surface area contributed by atoms with Crippen LogP contribution in [0.1, 0.15) is 0 Å². The molecule has 1 aromatic carbocycles. The second-order valence-electron chi connectivity index (χ2n) is 4.26. The van der Waals surface area contributed by atoms with Gasteiger partial charge >= 0.3 is 0 Å². The number of hydrogen-bond acceptors (Lipinski definition) is 5. The fourth-order valence-corrected chi connectivity index (χ4v) is 2.64. The summed E-state index contributed by atoms with van der Waals surface area (Å²) in [4.78, 5) is 4.20. The summed E-state index contributed by atoms with van der Waals surface area (Å²) in [6, 6.07) is 8.10. The van der Waals surface area contributed by atoms with E-state index in [4.69, 9.17) is 11.6 Å². The van der Waals surface area contributed by atoms with Gasteiger partial charge in [-0.25, -0.2) is 13.4 Å². The first kappa shape index (κ1) is 13.0. The number of rotatable bonds is 2. The van der Waals surface area contributed by atoms with Gasteiger partial charge in [-0.15, -0.1) is 10.2 Å². The molecule has 0 aliphatic carbocycles. The van der Waals surface area contributed by atoms with Gasteiger partial charge in [-0.3, -0.25) is 4.40 Å². The van der Waals surface area contributed by atoms with Crippen molar-refractivity contribution in [2.75, 3.05) is 6.26 Å². The lowest BCUT2D eigenvalue weighted by atomic mass is 10.2. The van der Waals surface area contributed by atoms with Gasteiger partial charge in [0.25, 0.3) is 0 Å². The van der Waals surface area contributed by atoms with E-state index >= 15 is 0 Å². The summed E-state index contributed by atoms with van der Waals surface area (Å²) in [7, 11) is -3.27. The minimum absolute atomic E-state index is 0.230. The molecule has 0 spiro atoms. The van der Waals surface area contributed by atoms with E-state index in [-0.39, 0.29) is 4.90 Å². The van der Waals surface area contributed by atoms with Gasteiger partial charge in [0.05, 0.1) is 4.90 Å². The molecule has 0 bridgehead atoms. The molecule has 0 amide bonds. The molecule has 102 valence electrons. The van der Waals surface area contributed by atoms with Gasteiger partial charge in [0.15, 0.2) is 21.3 Å². The average Bonchev–Trinajstić information content (AvgIpc) is 2.80. The van der Waals surface area contributed by atoms with E-state index in [1.54, 1.807) is 28.7 Å². The predicted octanol–water partition coefficient (Wildman–Crippen LogP) is 1.85. The molecule has 3 rings (SSSR count). The lowest BCUT2D eigenvalue weighted by Gasteiger charge is -2.02. The van der Waals surface area contributed by atoms with Crippen LogP contribution in [0.5, 0.6) is 0 Å². The second-order valence-corrected chi connectivity index (χ2v) is 6.67. The van der Waals surface area contributed by atoms with Gasteiger partial charge < -0.3 is 0 Å². The van der Waals surface area contributed by atoms with E-state index in [2.05, 4.69) is 15.2 Å². The van der Waals surface area contributed by atoms with E-state index < -0.39 is 9.84 Å². The van der Waals surface area contributed by atoms with Crippen LogP contribution in [0.3, 0.4) is 0 Å². The van der Waals surface area contributed by atoms with Crippen molar-refractivity contribution in [3.8, 4) is 11.4 Å². The smallest absolute Gasteiger partial charge is 0.175 e. The molecule has 3 aromatic rings. The van der Waals surface area contributed by atoms with Crippen molar-refractivity contribution in [1.82, 2.24) is 19.6 Å². The molecule has 20 heavy (non-hydrogen) atoms. The first-order valence-electron chi connectivity index (χ1n) is 5.62. The Kier molecular flexibility index (Phi) is 2.95. The third-order valence-corrected chi connectivity index (χ3v) is 4.10. The summed E-state index contributed by atoms with van der Waals surface area (Å²) < 4.78 is 24.8. The van der Waals surface area contributed by atoms with Crippen LogP contribution < -0.4 is 0 Å². The van der Waals surface area contributed by atoms with E-state index in [9.17, 15) is 8.42 Å². The standard InChI is InChI=1S/C12H9ClN4O2S/c1-20(18,19)9-4-2-3-8(5-9)12-16-15-11-6-10(13)14-7-17(11)12/h2-7H,1H3. The topological polar surface area (TPSA) is 77.2 Å². The van der Waals surface area contributed by atoms with Crippen LogP contribution in [0.2, 0.25) is 5.15 Å². The van der Waals surface area contributed by atoms with Gasteiger partial charge in [0.2, 0.25) is 0 Å². The van der Waals surface area contributed by atoms with Crippen LogP contribution in [-0.4, -0.2) is 34.3 Å². The molecule has 2 aromatic heterocycles. The first-order valence-corrected chi connectivity index (χ1v) is 7.89. The zero-order valence-electron chi connectivity index (χ0n) is 10.4. The highest BCUT2D eigenvalue weighted by molar-refractivity contribution is 7.90. The number of aromatic nitrogens is 4. The lowest BCUT2D eigenvalue weighted by molar-refractivity contribution is 0.602. The number of benzene rings is 1. The summed E-state index contributed by atoms with van der Waals surface area (Å²) in [5.74, 6) is 0.509. The first-order chi connectivity index (χ1) is 9.45. The molecule has 2 heterocycles. The zero-order chi connectivity index (χ0) is 14.3. The Hall–Kier alpha value is -1.99. The summed E-state index contributed by atoms with van der Waals surface area (Å²) >= 11 is 5.79. The lowest BCUT2D eigenvalue weighted by Crippen LogP contribution is -1.98. The molecule has 0 atom stereocenters. The van der Waals surface area contributed by atoms with Gasteiger partial charge in [0.1, 0.15) is 11.5 Å². The summed E-state index contributed by atoms with van der Waals surface area (Å²) in [6.07, 6.45) is 2.66. The third kappa shape index (κ3) is 2.25. The number of halogens is 1. The minimum Gasteiger partial charge on any atom is -0.265 e. The molecule has 6 nitrogen and oxygen atoms in total. The molecule has 0 saturated heterocycles. The molecule has 0 N–H and O–H groups in total. The van der Waals surface area contributed by atoms with Crippen molar-refractivity contribution in [2.45, 2.75) is 4.90 Å². The molecule has 8 heteroatoms. The minimum atomic E-state index is -3.27. The van der Waals surface area contributed by atoms with Crippen molar-refractivity contribution in [3.05, 3.63) is 41.8 Å². The van der Waals surface area contributed by atoms with Crippen molar-refractivity contribution >= 4 is 27.1 Å². The third-order valence-electron chi connectivity index (χ3n) is 2.79. The van der Waals surface area contributed by atoms with Crippen LogP contribution in [0.4, 0.5) is 0 Å². The van der Waals surface area contributed by atoms with E-state index in [0.717, 1.165) is 6.26 Å². The quantitative estimate of drug-likeness (QED) is 0.675. The van der Waals surface area contributed by atoms with E-state index in [1.165, 1.54) is 12.4 Å². The van der Waals surface area contributed by atoms with E-state index in [0.29, 0.717) is 22.2 Å². The summed E-state index contributed by atoms with van der Waals surface area (Å²) in [5.41, 5.74) is 1.19. The normalized spacial score (nSPS) is 11.9. The fourth-order valence-electron chi connectivity index (χ4n) is 1.84. The summed E-state index contributed by atoms with van der Waals surface area (Å²) in [5, 5.41) is 8.36. The number of fused-ring (bicyclic) bond motifs is 1. The van der Waals surface area contributed by atoms with Gasteiger partial charge in [-0.05, 0) is 12.1 Å². The van der Waals surface area contributed by atoms with Gasteiger partial charge in [-0.1, -0.05) is 23.7 Å². The number of sulfone groups is 1. The Bertz CT molecular complexity index is 905. The Morgan fingerprint density at radius 1 is 1.20 bits per heavy atom. The monoisotopic (exact) mass is 308 g/mol. The maximum atomic E-state index is 11.6. The Balaban J connectivity index is 2.21. The van der Waals surface area contributed by atoms with E-state index in [1.807, 2.05) is 0 Å². The van der Waals surface area contributed by atoms with Crippen LogP contribution >= 0.6 is 11.6 Å². The SMILES string of the molecule is CS(=O)(=O)c1cccc(-c2nnc3cc(Cl)ncn23)c1. The zero-order valence-corrected chi connectivity index (χ0v) is 11.9. The Labute approximate surface area is 120 Å². The van der Waals surface area contributed by atoms with Crippen LogP contribution in [0.25, 0.3) is 17.0 Å². The predicted molar refractivity (Wildman–Crippen MR) is 74.3 cm³/mol. The molecule has 0 aliphatic heterocycles. The molecule has 0 radical (unpaired) electrons. The maximum Gasteiger partial charge on any atom is 0.175 e. The van der Waals surface area contributed by atoms with Gasteiger partial charge in [-0.2, -0.15) is 0 Å². The van der Waals surface area contributed by atoms with Crippen molar-refractivity contribution in [1.29, 1.82) is 0 Å². The average molecular weight is 309 g/mol. The fraction of sp³-hybridized carbons (Fsp3) is 0.0833. The second kappa shape index (κ2) is 4.53. The highest BCUT2D eigenvalue weighted by Gasteiger charge is 2.12.